The molecule has 1 aliphatic heterocycles. The average molecular weight is 321 g/mol. The molecule has 1 aromatic heterocycles. The number of hydrogen-bond donors (Lipinski definition) is 1. The van der Waals surface area contributed by atoms with E-state index in [1.165, 1.54) is 0 Å². The molecule has 0 aliphatic carbocycles. The number of likely N-dealkylation sites (tertiary alicyclic amines) is 1. The molecule has 0 bridgehead atoms. The van der Waals surface area contributed by atoms with Crippen molar-refractivity contribution in [2.75, 3.05) is 13.1 Å². The lowest BCUT2D eigenvalue weighted by molar-refractivity contribution is -0.129. The SMILES string of the molecule is CCC(=O)N1CC[C@H](N[C@@H](C)c2cc3cc(Cl)ccc3o2)C1. The third kappa shape index (κ3) is 3.13. The van der Waals surface area contributed by atoms with Gasteiger partial charge in [-0.05, 0) is 37.6 Å². The average Bonchev–Trinajstić information content (AvgIpc) is 3.12. The smallest absolute Gasteiger partial charge is 0.222 e. The molecule has 3 rings (SSSR count). The van der Waals surface area contributed by atoms with Gasteiger partial charge in [0, 0.05) is 36.0 Å². The number of carbonyl (C=O) groups is 1. The topological polar surface area (TPSA) is 45.5 Å². The number of nitrogens with one attached hydrogen (secondary N) is 1. The van der Waals surface area contributed by atoms with Gasteiger partial charge in [0.15, 0.2) is 0 Å². The first-order valence-corrected chi connectivity index (χ1v) is 8.17. The zero-order valence-corrected chi connectivity index (χ0v) is 13.7. The predicted octanol–water partition coefficient (Wildman–Crippen LogP) is 3.75. The Bertz CT molecular complexity index is 682. The number of amides is 1. The van der Waals surface area contributed by atoms with Gasteiger partial charge in [-0.25, -0.2) is 0 Å². The Hall–Kier alpha value is -1.52. The highest BCUT2D eigenvalue weighted by atomic mass is 35.5. The van der Waals surface area contributed by atoms with Crippen LogP contribution >= 0.6 is 11.6 Å². The van der Waals surface area contributed by atoms with Gasteiger partial charge in [0.2, 0.25) is 5.91 Å². The summed E-state index contributed by atoms with van der Waals surface area (Å²) in [5.74, 6) is 1.13. The number of carbonyl (C=O) groups excluding carboxylic acids is 1. The van der Waals surface area contributed by atoms with Crippen molar-refractivity contribution in [1.82, 2.24) is 10.2 Å². The molecular formula is C17H21ClN2O2. The second-order valence-electron chi connectivity index (χ2n) is 5.90. The molecule has 22 heavy (non-hydrogen) atoms. The van der Waals surface area contributed by atoms with Gasteiger partial charge in [0.05, 0.1) is 6.04 Å². The van der Waals surface area contributed by atoms with Gasteiger partial charge in [0.1, 0.15) is 11.3 Å². The lowest BCUT2D eigenvalue weighted by atomic mass is 10.2. The summed E-state index contributed by atoms with van der Waals surface area (Å²) in [6, 6.07) is 8.09. The molecule has 0 saturated carbocycles. The number of hydrogen-bond acceptors (Lipinski definition) is 3. The van der Waals surface area contributed by atoms with Crippen LogP contribution in [-0.4, -0.2) is 29.9 Å². The number of rotatable bonds is 4. The molecular weight excluding hydrogens is 300 g/mol. The van der Waals surface area contributed by atoms with Gasteiger partial charge in [-0.2, -0.15) is 0 Å². The van der Waals surface area contributed by atoms with E-state index in [4.69, 9.17) is 16.0 Å². The van der Waals surface area contributed by atoms with Crippen molar-refractivity contribution in [1.29, 1.82) is 0 Å². The second kappa shape index (κ2) is 6.31. The van der Waals surface area contributed by atoms with Gasteiger partial charge >= 0.3 is 0 Å². The lowest BCUT2D eigenvalue weighted by Gasteiger charge is -2.19. The van der Waals surface area contributed by atoms with Gasteiger partial charge in [-0.3, -0.25) is 4.79 Å². The van der Waals surface area contributed by atoms with E-state index in [1.807, 2.05) is 36.1 Å². The highest BCUT2D eigenvalue weighted by Gasteiger charge is 2.27. The third-order valence-electron chi connectivity index (χ3n) is 4.25. The van der Waals surface area contributed by atoms with E-state index in [-0.39, 0.29) is 11.9 Å². The van der Waals surface area contributed by atoms with E-state index in [0.29, 0.717) is 17.5 Å². The van der Waals surface area contributed by atoms with Gasteiger partial charge < -0.3 is 14.6 Å². The van der Waals surface area contributed by atoms with E-state index in [2.05, 4.69) is 12.2 Å². The van der Waals surface area contributed by atoms with Gasteiger partial charge in [0.25, 0.3) is 0 Å². The maximum Gasteiger partial charge on any atom is 0.222 e. The Morgan fingerprint density at radius 3 is 3.09 bits per heavy atom. The standard InChI is InChI=1S/C17H21ClN2O2/c1-3-17(21)20-7-6-14(10-20)19-11(2)16-9-12-8-13(18)4-5-15(12)22-16/h4-5,8-9,11,14,19H,3,6-7,10H2,1-2H3/t11-,14-/m0/s1. The maximum atomic E-state index is 11.7. The van der Waals surface area contributed by atoms with E-state index < -0.39 is 0 Å². The lowest BCUT2D eigenvalue weighted by Crippen LogP contribution is -2.36. The van der Waals surface area contributed by atoms with Crippen molar-refractivity contribution in [2.45, 2.75) is 38.8 Å². The molecule has 2 atom stereocenters. The van der Waals surface area contributed by atoms with Crippen LogP contribution in [-0.2, 0) is 4.79 Å². The molecule has 1 aliphatic rings. The minimum atomic E-state index is 0.104. The summed E-state index contributed by atoms with van der Waals surface area (Å²) >= 11 is 6.01. The molecule has 2 aromatic rings. The normalized spacial score (nSPS) is 19.8. The van der Waals surface area contributed by atoms with Gasteiger partial charge in [-0.15, -0.1) is 0 Å². The van der Waals surface area contributed by atoms with Crippen molar-refractivity contribution in [3.05, 3.63) is 35.0 Å². The monoisotopic (exact) mass is 320 g/mol. The molecule has 0 unspecified atom stereocenters. The molecule has 1 amide bonds. The molecule has 1 N–H and O–H groups in total. The molecule has 1 saturated heterocycles. The van der Waals surface area contributed by atoms with Crippen LogP contribution in [0.3, 0.4) is 0 Å². The molecule has 4 nitrogen and oxygen atoms in total. The van der Waals surface area contributed by atoms with Crippen molar-refractivity contribution in [3.63, 3.8) is 0 Å². The van der Waals surface area contributed by atoms with Crippen LogP contribution in [0.5, 0.6) is 0 Å². The van der Waals surface area contributed by atoms with Crippen LogP contribution in [0.2, 0.25) is 5.02 Å². The van der Waals surface area contributed by atoms with Crippen LogP contribution in [0.4, 0.5) is 0 Å². The first-order chi connectivity index (χ1) is 10.6. The fraction of sp³-hybridized carbons (Fsp3) is 0.471. The van der Waals surface area contributed by atoms with Crippen molar-refractivity contribution >= 4 is 28.5 Å². The van der Waals surface area contributed by atoms with E-state index in [0.717, 1.165) is 36.2 Å². The van der Waals surface area contributed by atoms with Gasteiger partial charge in [-0.1, -0.05) is 18.5 Å². The molecule has 118 valence electrons. The zero-order chi connectivity index (χ0) is 15.7. The summed E-state index contributed by atoms with van der Waals surface area (Å²) in [6.07, 6.45) is 1.56. The Kier molecular flexibility index (Phi) is 4.41. The van der Waals surface area contributed by atoms with Crippen molar-refractivity contribution in [3.8, 4) is 0 Å². The number of furan rings is 1. The molecule has 0 spiro atoms. The summed E-state index contributed by atoms with van der Waals surface area (Å²) in [5.41, 5.74) is 0.849. The quantitative estimate of drug-likeness (QED) is 0.933. The number of benzene rings is 1. The maximum absolute atomic E-state index is 11.7. The Balaban J connectivity index is 1.66. The molecule has 1 aromatic carbocycles. The first-order valence-electron chi connectivity index (χ1n) is 7.79. The van der Waals surface area contributed by atoms with Crippen molar-refractivity contribution in [2.24, 2.45) is 0 Å². The first kappa shape index (κ1) is 15.4. The Morgan fingerprint density at radius 2 is 2.32 bits per heavy atom. The van der Waals surface area contributed by atoms with E-state index in [1.54, 1.807) is 0 Å². The highest BCUT2D eigenvalue weighted by Crippen LogP contribution is 2.27. The second-order valence-corrected chi connectivity index (χ2v) is 6.33. The number of nitrogens with zero attached hydrogens (tertiary/aromatic N) is 1. The molecule has 5 heteroatoms. The van der Waals surface area contributed by atoms with Crippen LogP contribution in [0.15, 0.2) is 28.7 Å². The number of halogens is 1. The molecule has 0 radical (unpaired) electrons. The summed E-state index contributed by atoms with van der Waals surface area (Å²) in [7, 11) is 0. The molecule has 1 fully saturated rings. The van der Waals surface area contributed by atoms with Crippen LogP contribution in [0.1, 0.15) is 38.5 Å². The highest BCUT2D eigenvalue weighted by molar-refractivity contribution is 6.31. The van der Waals surface area contributed by atoms with Crippen molar-refractivity contribution < 1.29 is 9.21 Å². The zero-order valence-electron chi connectivity index (χ0n) is 12.9. The largest absolute Gasteiger partial charge is 0.459 e. The minimum absolute atomic E-state index is 0.104. The van der Waals surface area contributed by atoms with Crippen LogP contribution in [0, 0.1) is 0 Å². The fourth-order valence-corrected chi connectivity index (χ4v) is 3.21. The summed E-state index contributed by atoms with van der Waals surface area (Å²) in [6.45, 7) is 5.62. The minimum Gasteiger partial charge on any atom is -0.459 e. The Labute approximate surface area is 135 Å². The fourth-order valence-electron chi connectivity index (χ4n) is 3.03. The predicted molar refractivity (Wildman–Crippen MR) is 88.1 cm³/mol. The summed E-state index contributed by atoms with van der Waals surface area (Å²) < 4.78 is 5.89. The van der Waals surface area contributed by atoms with E-state index >= 15 is 0 Å². The third-order valence-corrected chi connectivity index (χ3v) is 4.49. The Morgan fingerprint density at radius 1 is 1.50 bits per heavy atom. The summed E-state index contributed by atoms with van der Waals surface area (Å²) in [4.78, 5) is 13.7. The van der Waals surface area contributed by atoms with Crippen LogP contribution < -0.4 is 5.32 Å². The van der Waals surface area contributed by atoms with E-state index in [9.17, 15) is 4.79 Å². The van der Waals surface area contributed by atoms with Crippen LogP contribution in [0.25, 0.3) is 11.0 Å². The summed E-state index contributed by atoms with van der Waals surface area (Å²) in [5, 5.41) is 5.29. The molecule has 2 heterocycles. The number of fused-ring (bicyclic) bond motifs is 1.